The second-order valence-electron chi connectivity index (χ2n) is 8.87. The Labute approximate surface area is 193 Å². The average Bonchev–Trinajstić information content (AvgIpc) is 2.79. The molecule has 0 N–H and O–H groups in total. The van der Waals surface area contributed by atoms with E-state index in [9.17, 15) is 14.4 Å². The molecule has 0 bridgehead atoms. The molecule has 1 aromatic carbocycles. The van der Waals surface area contributed by atoms with Crippen molar-refractivity contribution in [1.29, 1.82) is 0 Å². The first-order valence-electron chi connectivity index (χ1n) is 12.7. The van der Waals surface area contributed by atoms with Gasteiger partial charge in [0, 0.05) is 23.1 Å². The number of ether oxygens (including phenoxy) is 1. The number of hydrogen-bond donors (Lipinski definition) is 0. The molecule has 0 spiro atoms. The van der Waals surface area contributed by atoms with E-state index in [4.69, 9.17) is 4.74 Å². The third-order valence-electron chi connectivity index (χ3n) is 6.12. The van der Waals surface area contributed by atoms with Gasteiger partial charge in [0.1, 0.15) is 0 Å². The van der Waals surface area contributed by atoms with Crippen molar-refractivity contribution in [2.24, 2.45) is 0 Å². The van der Waals surface area contributed by atoms with Crippen molar-refractivity contribution in [3.63, 3.8) is 0 Å². The fourth-order valence-corrected chi connectivity index (χ4v) is 4.25. The van der Waals surface area contributed by atoms with Crippen LogP contribution < -0.4 is 0 Å². The number of rotatable bonds is 16. The summed E-state index contributed by atoms with van der Waals surface area (Å²) < 4.78 is 5.41. The van der Waals surface area contributed by atoms with Crippen molar-refractivity contribution >= 4 is 17.5 Å². The minimum atomic E-state index is -0.449. The summed E-state index contributed by atoms with van der Waals surface area (Å²) in [5.41, 5.74) is 1.11. The van der Waals surface area contributed by atoms with Gasteiger partial charge in [-0.15, -0.1) is 0 Å². The van der Waals surface area contributed by atoms with E-state index in [2.05, 4.69) is 6.92 Å². The number of fused-ring (bicyclic) bond motifs is 1. The summed E-state index contributed by atoms with van der Waals surface area (Å²) >= 11 is 0. The van der Waals surface area contributed by atoms with Crippen LogP contribution in [0.4, 0.5) is 0 Å². The lowest BCUT2D eigenvalue weighted by molar-refractivity contribution is -0.139. The van der Waals surface area contributed by atoms with Crippen LogP contribution in [0.5, 0.6) is 0 Å². The molecular formula is C28H40O4. The number of Topliss-reactive ketones (excluding diaryl/α,β-unsaturated/α-hetero) is 2. The van der Waals surface area contributed by atoms with Crippen molar-refractivity contribution in [2.75, 3.05) is 0 Å². The number of ketones is 2. The van der Waals surface area contributed by atoms with Crippen molar-refractivity contribution in [2.45, 2.75) is 110 Å². The van der Waals surface area contributed by atoms with E-state index in [1.165, 1.54) is 57.8 Å². The highest BCUT2D eigenvalue weighted by Crippen LogP contribution is 2.30. The SMILES string of the molecule is CCCCCCCCCCCCCCC1=C(OC(=O)CCC)C(=O)c2ccccc2C1=O. The predicted molar refractivity (Wildman–Crippen MR) is 129 cm³/mol. The van der Waals surface area contributed by atoms with Gasteiger partial charge in [-0.2, -0.15) is 0 Å². The quantitative estimate of drug-likeness (QED) is 0.195. The van der Waals surface area contributed by atoms with Crippen molar-refractivity contribution < 1.29 is 19.1 Å². The molecule has 0 saturated carbocycles. The number of benzene rings is 1. The van der Waals surface area contributed by atoms with Crippen LogP contribution in [0, 0.1) is 0 Å². The van der Waals surface area contributed by atoms with Crippen LogP contribution in [-0.4, -0.2) is 17.5 Å². The van der Waals surface area contributed by atoms with Crippen molar-refractivity contribution in [3.05, 3.63) is 46.7 Å². The lowest BCUT2D eigenvalue weighted by Gasteiger charge is -2.20. The zero-order chi connectivity index (χ0) is 23.2. The third kappa shape index (κ3) is 8.03. The van der Waals surface area contributed by atoms with Gasteiger partial charge >= 0.3 is 5.97 Å². The van der Waals surface area contributed by atoms with Gasteiger partial charge in [0.2, 0.25) is 5.78 Å². The van der Waals surface area contributed by atoms with Crippen LogP contribution in [-0.2, 0) is 9.53 Å². The van der Waals surface area contributed by atoms with Crippen LogP contribution in [0.3, 0.4) is 0 Å². The lowest BCUT2D eigenvalue weighted by Crippen LogP contribution is -2.25. The minimum absolute atomic E-state index is 0.0461. The van der Waals surface area contributed by atoms with Crippen molar-refractivity contribution in [1.82, 2.24) is 0 Å². The third-order valence-corrected chi connectivity index (χ3v) is 6.12. The monoisotopic (exact) mass is 440 g/mol. The Morgan fingerprint density at radius 3 is 1.72 bits per heavy atom. The Balaban J connectivity index is 1.82. The standard InChI is InChI=1S/C28H40O4/c1-3-5-6-7-8-9-10-11-12-13-14-15-21-24-26(30)22-19-16-17-20-23(22)27(31)28(24)32-25(29)18-4-2/h16-17,19-20H,3-15,18,21H2,1-2H3. The maximum atomic E-state index is 13.0. The largest absolute Gasteiger partial charge is 0.422 e. The maximum Gasteiger partial charge on any atom is 0.311 e. The lowest BCUT2D eigenvalue weighted by atomic mass is 9.86. The van der Waals surface area contributed by atoms with E-state index < -0.39 is 5.97 Å². The van der Waals surface area contributed by atoms with E-state index in [1.54, 1.807) is 24.3 Å². The molecule has 0 atom stereocenters. The van der Waals surface area contributed by atoms with Gasteiger partial charge in [0.05, 0.1) is 0 Å². The van der Waals surface area contributed by atoms with E-state index in [0.717, 1.165) is 19.3 Å². The molecule has 0 aliphatic heterocycles. The number of hydrogen-bond acceptors (Lipinski definition) is 4. The Bertz CT molecular complexity index is 790. The van der Waals surface area contributed by atoms with E-state index >= 15 is 0 Å². The molecule has 1 aliphatic rings. The summed E-state index contributed by atoms with van der Waals surface area (Å²) in [5, 5.41) is 0. The minimum Gasteiger partial charge on any atom is -0.422 e. The molecule has 4 heteroatoms. The summed E-state index contributed by atoms with van der Waals surface area (Å²) in [7, 11) is 0. The smallest absolute Gasteiger partial charge is 0.311 e. The molecule has 2 rings (SSSR count). The predicted octanol–water partition coefficient (Wildman–Crippen LogP) is 7.75. The van der Waals surface area contributed by atoms with E-state index in [1.807, 2.05) is 6.92 Å². The van der Waals surface area contributed by atoms with Gasteiger partial charge in [0.25, 0.3) is 0 Å². The molecule has 0 amide bonds. The Hall–Kier alpha value is -2.23. The molecule has 1 aromatic rings. The molecule has 0 heterocycles. The zero-order valence-corrected chi connectivity index (χ0v) is 20.0. The van der Waals surface area contributed by atoms with Crippen LogP contribution in [0.25, 0.3) is 0 Å². The molecule has 0 aromatic heterocycles. The number of carbonyl (C=O) groups is 3. The normalized spacial score (nSPS) is 13.4. The summed E-state index contributed by atoms with van der Waals surface area (Å²) in [5.74, 6) is -1.02. The summed E-state index contributed by atoms with van der Waals surface area (Å²) in [4.78, 5) is 38.1. The summed E-state index contributed by atoms with van der Waals surface area (Å²) in [6.07, 6.45) is 16.2. The first-order valence-corrected chi connectivity index (χ1v) is 12.7. The highest BCUT2D eigenvalue weighted by atomic mass is 16.5. The number of allylic oxidation sites excluding steroid dienone is 2. The molecule has 0 saturated heterocycles. The molecular weight excluding hydrogens is 400 g/mol. The van der Waals surface area contributed by atoms with Gasteiger partial charge in [-0.1, -0.05) is 109 Å². The maximum absolute atomic E-state index is 13.0. The fraction of sp³-hybridized carbons (Fsp3) is 0.607. The molecule has 32 heavy (non-hydrogen) atoms. The Morgan fingerprint density at radius 1 is 0.688 bits per heavy atom. The fourth-order valence-electron chi connectivity index (χ4n) is 4.25. The van der Waals surface area contributed by atoms with Gasteiger partial charge in [-0.3, -0.25) is 14.4 Å². The second kappa shape index (κ2) is 14.8. The molecule has 0 unspecified atom stereocenters. The molecule has 176 valence electrons. The van der Waals surface area contributed by atoms with Gasteiger partial charge in [-0.05, 0) is 19.3 Å². The number of esters is 1. The summed E-state index contributed by atoms with van der Waals surface area (Å²) in [6, 6.07) is 6.80. The molecule has 0 radical (unpaired) electrons. The zero-order valence-electron chi connectivity index (χ0n) is 20.0. The van der Waals surface area contributed by atoms with Gasteiger partial charge in [-0.25, -0.2) is 0 Å². The first-order chi connectivity index (χ1) is 15.6. The first kappa shape index (κ1) is 26.0. The van der Waals surface area contributed by atoms with Crippen molar-refractivity contribution in [3.8, 4) is 0 Å². The van der Waals surface area contributed by atoms with Gasteiger partial charge < -0.3 is 4.74 Å². The molecule has 4 nitrogen and oxygen atoms in total. The number of carbonyl (C=O) groups excluding carboxylic acids is 3. The second-order valence-corrected chi connectivity index (χ2v) is 8.87. The van der Waals surface area contributed by atoms with Crippen LogP contribution in [0.1, 0.15) is 131 Å². The summed E-state index contributed by atoms with van der Waals surface area (Å²) in [6.45, 7) is 4.13. The highest BCUT2D eigenvalue weighted by Gasteiger charge is 2.34. The Morgan fingerprint density at radius 2 is 1.19 bits per heavy atom. The van der Waals surface area contributed by atoms with Crippen LogP contribution in [0.2, 0.25) is 0 Å². The van der Waals surface area contributed by atoms with Crippen LogP contribution >= 0.6 is 0 Å². The van der Waals surface area contributed by atoms with E-state index in [-0.39, 0.29) is 23.7 Å². The van der Waals surface area contributed by atoms with E-state index in [0.29, 0.717) is 29.5 Å². The number of unbranched alkanes of at least 4 members (excludes halogenated alkanes) is 11. The highest BCUT2D eigenvalue weighted by molar-refractivity contribution is 6.26. The van der Waals surface area contributed by atoms with Gasteiger partial charge in [0.15, 0.2) is 11.5 Å². The topological polar surface area (TPSA) is 60.4 Å². The molecule has 1 aliphatic carbocycles. The Kier molecular flexibility index (Phi) is 12.0. The van der Waals surface area contributed by atoms with Crippen LogP contribution in [0.15, 0.2) is 35.6 Å². The average molecular weight is 441 g/mol. The molecule has 0 fully saturated rings.